The molecule has 2 fully saturated rings. The fraction of sp³-hybridized carbons (Fsp3) is 0.562. The molecule has 1 atom stereocenters. The van der Waals surface area contributed by atoms with Crippen LogP contribution < -0.4 is 5.32 Å². The molecule has 2 saturated heterocycles. The quantitative estimate of drug-likeness (QED) is 0.900. The summed E-state index contributed by atoms with van der Waals surface area (Å²) in [5.41, 5.74) is 0.520. The van der Waals surface area contributed by atoms with E-state index in [2.05, 4.69) is 10.2 Å². The van der Waals surface area contributed by atoms with Crippen LogP contribution >= 0.6 is 12.4 Å². The number of carbonyl (C=O) groups is 1. The van der Waals surface area contributed by atoms with Gasteiger partial charge in [-0.05, 0) is 30.7 Å². The number of rotatable bonds is 3. The van der Waals surface area contributed by atoms with Gasteiger partial charge in [0.1, 0.15) is 0 Å². The third kappa shape index (κ3) is 4.40. The van der Waals surface area contributed by atoms with Gasteiger partial charge in [0.2, 0.25) is 5.91 Å². The monoisotopic (exact) mass is 345 g/mol. The smallest absolute Gasteiger partial charge is 0.227 e. The standard InChI is InChI=1S/C16H21F2N3O.ClH/c17-14-2-1-12(9-15(14)18)10-16(22)21-7-5-20(6-8-21)13-3-4-19-11-13;/h1-2,9,13,19H,3-8,10-11H2;1H. The molecule has 0 spiro atoms. The third-order valence-electron chi connectivity index (χ3n) is 4.56. The Hall–Kier alpha value is -1.24. The molecule has 23 heavy (non-hydrogen) atoms. The Morgan fingerprint density at radius 3 is 2.52 bits per heavy atom. The lowest BCUT2D eigenvalue weighted by Crippen LogP contribution is -2.52. The molecule has 1 aromatic rings. The van der Waals surface area contributed by atoms with Crippen LogP contribution in [0.15, 0.2) is 18.2 Å². The highest BCUT2D eigenvalue weighted by molar-refractivity contribution is 5.85. The van der Waals surface area contributed by atoms with Crippen molar-refractivity contribution in [3.05, 3.63) is 35.4 Å². The van der Waals surface area contributed by atoms with Crippen LogP contribution in [0.2, 0.25) is 0 Å². The molecule has 2 aliphatic rings. The van der Waals surface area contributed by atoms with Crippen molar-refractivity contribution in [3.8, 4) is 0 Å². The summed E-state index contributed by atoms with van der Waals surface area (Å²) in [6.07, 6.45) is 1.30. The highest BCUT2D eigenvalue weighted by atomic mass is 35.5. The fourth-order valence-corrected chi connectivity index (χ4v) is 3.22. The summed E-state index contributed by atoms with van der Waals surface area (Å²) >= 11 is 0. The maximum atomic E-state index is 13.2. The van der Waals surface area contributed by atoms with Crippen molar-refractivity contribution in [3.63, 3.8) is 0 Å². The summed E-state index contributed by atoms with van der Waals surface area (Å²) in [6.45, 7) is 5.28. The maximum Gasteiger partial charge on any atom is 0.227 e. The Kier molecular flexibility index (Phi) is 6.33. The number of carbonyl (C=O) groups excluding carboxylic acids is 1. The van der Waals surface area contributed by atoms with Crippen molar-refractivity contribution in [2.75, 3.05) is 39.3 Å². The molecule has 2 aliphatic heterocycles. The fourth-order valence-electron chi connectivity index (χ4n) is 3.22. The number of amides is 1. The van der Waals surface area contributed by atoms with E-state index in [-0.39, 0.29) is 24.7 Å². The van der Waals surface area contributed by atoms with Crippen molar-refractivity contribution in [2.45, 2.75) is 18.9 Å². The first-order valence-electron chi connectivity index (χ1n) is 7.80. The van der Waals surface area contributed by atoms with Gasteiger partial charge in [-0.1, -0.05) is 6.07 Å². The van der Waals surface area contributed by atoms with Gasteiger partial charge in [0.15, 0.2) is 11.6 Å². The SMILES string of the molecule is Cl.O=C(Cc1ccc(F)c(F)c1)N1CCN(C2CCNC2)CC1. The van der Waals surface area contributed by atoms with Crippen molar-refractivity contribution >= 4 is 18.3 Å². The van der Waals surface area contributed by atoms with Gasteiger partial charge >= 0.3 is 0 Å². The van der Waals surface area contributed by atoms with Crippen LogP contribution in [0, 0.1) is 11.6 Å². The molecule has 128 valence electrons. The molecule has 0 aliphatic carbocycles. The molecule has 1 amide bonds. The number of hydrogen-bond donors (Lipinski definition) is 1. The van der Waals surface area contributed by atoms with Crippen LogP contribution in [-0.2, 0) is 11.2 Å². The van der Waals surface area contributed by atoms with Gasteiger partial charge in [-0.15, -0.1) is 12.4 Å². The average Bonchev–Trinajstić information content (AvgIpc) is 3.05. The predicted molar refractivity (Wildman–Crippen MR) is 86.7 cm³/mol. The molecular weight excluding hydrogens is 324 g/mol. The van der Waals surface area contributed by atoms with Gasteiger partial charge in [0.05, 0.1) is 6.42 Å². The van der Waals surface area contributed by atoms with Gasteiger partial charge in [-0.2, -0.15) is 0 Å². The Labute approximate surface area is 141 Å². The molecule has 0 saturated carbocycles. The molecule has 4 nitrogen and oxygen atoms in total. The van der Waals surface area contributed by atoms with E-state index in [1.807, 2.05) is 4.90 Å². The second-order valence-electron chi connectivity index (χ2n) is 5.99. The number of piperazine rings is 1. The van der Waals surface area contributed by atoms with Crippen LogP contribution in [0.4, 0.5) is 8.78 Å². The summed E-state index contributed by atoms with van der Waals surface area (Å²) in [5, 5.41) is 3.36. The molecule has 7 heteroatoms. The molecular formula is C16H22ClF2N3O. The predicted octanol–water partition coefficient (Wildman–Crippen LogP) is 1.44. The summed E-state index contributed by atoms with van der Waals surface area (Å²) in [4.78, 5) is 16.5. The third-order valence-corrected chi connectivity index (χ3v) is 4.56. The molecule has 0 radical (unpaired) electrons. The zero-order valence-electron chi connectivity index (χ0n) is 12.9. The van der Waals surface area contributed by atoms with E-state index in [1.165, 1.54) is 12.5 Å². The number of halogens is 3. The van der Waals surface area contributed by atoms with Crippen molar-refractivity contribution < 1.29 is 13.6 Å². The van der Waals surface area contributed by atoms with E-state index in [4.69, 9.17) is 0 Å². The maximum absolute atomic E-state index is 13.2. The van der Waals surface area contributed by atoms with E-state index >= 15 is 0 Å². The second-order valence-corrected chi connectivity index (χ2v) is 5.99. The van der Waals surface area contributed by atoms with Gasteiger partial charge < -0.3 is 10.2 Å². The van der Waals surface area contributed by atoms with Gasteiger partial charge in [-0.25, -0.2) is 8.78 Å². The van der Waals surface area contributed by atoms with Gasteiger partial charge in [0, 0.05) is 38.8 Å². The van der Waals surface area contributed by atoms with E-state index in [0.717, 1.165) is 38.3 Å². The van der Waals surface area contributed by atoms with Gasteiger partial charge in [0.25, 0.3) is 0 Å². The number of hydrogen-bond acceptors (Lipinski definition) is 3. The lowest BCUT2D eigenvalue weighted by atomic mass is 10.1. The van der Waals surface area contributed by atoms with E-state index in [0.29, 0.717) is 24.7 Å². The summed E-state index contributed by atoms with van der Waals surface area (Å²) in [5.74, 6) is -1.80. The minimum absolute atomic E-state index is 0. The number of nitrogens with one attached hydrogen (secondary N) is 1. The van der Waals surface area contributed by atoms with Crippen LogP contribution in [0.25, 0.3) is 0 Å². The molecule has 1 unspecified atom stereocenters. The van der Waals surface area contributed by atoms with Crippen molar-refractivity contribution in [1.82, 2.24) is 15.1 Å². The highest BCUT2D eigenvalue weighted by Gasteiger charge is 2.27. The number of benzene rings is 1. The molecule has 0 aromatic heterocycles. The Balaban J connectivity index is 0.00000192. The zero-order chi connectivity index (χ0) is 15.5. The molecule has 2 heterocycles. The Bertz CT molecular complexity index is 544. The lowest BCUT2D eigenvalue weighted by molar-refractivity contribution is -0.132. The summed E-state index contributed by atoms with van der Waals surface area (Å²) in [6, 6.07) is 4.23. The van der Waals surface area contributed by atoms with Crippen LogP contribution in [0.5, 0.6) is 0 Å². The largest absolute Gasteiger partial charge is 0.340 e. The first kappa shape index (κ1) is 18.1. The molecule has 0 bridgehead atoms. The van der Waals surface area contributed by atoms with E-state index in [9.17, 15) is 13.6 Å². The lowest BCUT2D eigenvalue weighted by Gasteiger charge is -2.37. The first-order chi connectivity index (χ1) is 10.6. The van der Waals surface area contributed by atoms with Crippen molar-refractivity contribution in [2.24, 2.45) is 0 Å². The van der Waals surface area contributed by atoms with Crippen molar-refractivity contribution in [1.29, 1.82) is 0 Å². The summed E-state index contributed by atoms with van der Waals surface area (Å²) in [7, 11) is 0. The van der Waals surface area contributed by atoms with E-state index in [1.54, 1.807) is 0 Å². The zero-order valence-corrected chi connectivity index (χ0v) is 13.7. The minimum Gasteiger partial charge on any atom is -0.340 e. The normalized spacial score (nSPS) is 22.0. The van der Waals surface area contributed by atoms with Crippen LogP contribution in [0.1, 0.15) is 12.0 Å². The Morgan fingerprint density at radius 2 is 1.91 bits per heavy atom. The number of nitrogens with zero attached hydrogens (tertiary/aromatic N) is 2. The Morgan fingerprint density at radius 1 is 1.17 bits per heavy atom. The van der Waals surface area contributed by atoms with Gasteiger partial charge in [-0.3, -0.25) is 9.69 Å². The molecule has 1 N–H and O–H groups in total. The first-order valence-corrected chi connectivity index (χ1v) is 7.80. The summed E-state index contributed by atoms with van der Waals surface area (Å²) < 4.78 is 26.1. The molecule has 1 aromatic carbocycles. The second kappa shape index (κ2) is 8.04. The van der Waals surface area contributed by atoms with E-state index < -0.39 is 11.6 Å². The topological polar surface area (TPSA) is 35.6 Å². The molecule has 3 rings (SSSR count). The average molecular weight is 346 g/mol. The van der Waals surface area contributed by atoms with Crippen LogP contribution in [0.3, 0.4) is 0 Å². The highest BCUT2D eigenvalue weighted by Crippen LogP contribution is 2.14. The van der Waals surface area contributed by atoms with Crippen LogP contribution in [-0.4, -0.2) is 61.0 Å². The minimum atomic E-state index is -0.899.